The average Bonchev–Trinajstić information content (AvgIpc) is 3.33. The fourth-order valence-electron chi connectivity index (χ4n) is 3.27. The number of nitrogens with one attached hydrogen (secondary N) is 1. The second kappa shape index (κ2) is 7.53. The van der Waals surface area contributed by atoms with Gasteiger partial charge in [-0.3, -0.25) is 9.69 Å². The topological polar surface area (TPSA) is 50.8 Å². The first-order valence-electron chi connectivity index (χ1n) is 8.93. The molecule has 24 heavy (non-hydrogen) atoms. The minimum absolute atomic E-state index is 0.0739. The van der Waals surface area contributed by atoms with Crippen LogP contribution in [0.2, 0.25) is 0 Å². The van der Waals surface area contributed by atoms with Crippen molar-refractivity contribution in [2.75, 3.05) is 38.7 Å². The summed E-state index contributed by atoms with van der Waals surface area (Å²) in [7, 11) is 1.61. The Morgan fingerprint density at radius 1 is 1.25 bits per heavy atom. The van der Waals surface area contributed by atoms with Crippen molar-refractivity contribution in [1.82, 2.24) is 4.90 Å². The molecular formula is C19H28N2O3. The smallest absolute Gasteiger partial charge is 0.256 e. The van der Waals surface area contributed by atoms with E-state index in [1.807, 2.05) is 31.2 Å². The average molecular weight is 332 g/mol. The number of carbonyl (C=O) groups is 1. The Hall–Kier alpha value is -1.59. The highest BCUT2D eigenvalue weighted by Gasteiger charge is 2.47. The van der Waals surface area contributed by atoms with Crippen LogP contribution in [0.25, 0.3) is 0 Å². The lowest BCUT2D eigenvalue weighted by atomic mass is 9.99. The molecule has 1 aliphatic carbocycles. The number of carbonyl (C=O) groups excluding carboxylic acids is 1. The molecule has 1 aromatic rings. The minimum atomic E-state index is -0.731. The van der Waals surface area contributed by atoms with E-state index in [0.717, 1.165) is 30.8 Å². The summed E-state index contributed by atoms with van der Waals surface area (Å²) in [5.41, 5.74) is 0.0427. The van der Waals surface area contributed by atoms with Crippen molar-refractivity contribution < 1.29 is 14.3 Å². The number of ether oxygens (including phenoxy) is 2. The van der Waals surface area contributed by atoms with Gasteiger partial charge in [-0.25, -0.2) is 0 Å². The molecule has 0 spiro atoms. The number of likely N-dealkylation sites (tertiary alicyclic amines) is 1. The van der Waals surface area contributed by atoms with Crippen molar-refractivity contribution in [3.63, 3.8) is 0 Å². The maximum absolute atomic E-state index is 12.5. The van der Waals surface area contributed by atoms with Crippen molar-refractivity contribution in [2.24, 2.45) is 5.92 Å². The Kier molecular flexibility index (Phi) is 5.41. The molecule has 1 atom stereocenters. The summed E-state index contributed by atoms with van der Waals surface area (Å²) < 4.78 is 11.3. The van der Waals surface area contributed by atoms with Crippen LogP contribution in [0.15, 0.2) is 24.3 Å². The van der Waals surface area contributed by atoms with Gasteiger partial charge in [0.25, 0.3) is 5.91 Å². The van der Waals surface area contributed by atoms with Gasteiger partial charge in [0.1, 0.15) is 18.0 Å². The first-order chi connectivity index (χ1) is 11.6. The van der Waals surface area contributed by atoms with E-state index in [2.05, 4.69) is 10.2 Å². The van der Waals surface area contributed by atoms with E-state index in [9.17, 15) is 4.79 Å². The zero-order valence-electron chi connectivity index (χ0n) is 14.7. The molecule has 1 aromatic carbocycles. The Labute approximate surface area is 144 Å². The highest BCUT2D eigenvalue weighted by atomic mass is 16.5. The number of hydrogen-bond donors (Lipinski definition) is 1. The van der Waals surface area contributed by atoms with Gasteiger partial charge < -0.3 is 14.8 Å². The maximum Gasteiger partial charge on any atom is 0.256 e. The van der Waals surface area contributed by atoms with E-state index in [-0.39, 0.29) is 5.91 Å². The lowest BCUT2D eigenvalue weighted by Gasteiger charge is -2.26. The first kappa shape index (κ1) is 17.2. The summed E-state index contributed by atoms with van der Waals surface area (Å²) in [5, 5.41) is 2.96. The van der Waals surface area contributed by atoms with Crippen LogP contribution in [-0.2, 0) is 9.53 Å². The molecule has 1 N–H and O–H groups in total. The Bertz CT molecular complexity index is 550. The second-order valence-electron chi connectivity index (χ2n) is 6.96. The maximum atomic E-state index is 12.5. The predicted molar refractivity (Wildman–Crippen MR) is 94.4 cm³/mol. The summed E-state index contributed by atoms with van der Waals surface area (Å²) in [5.74, 6) is 1.09. The van der Waals surface area contributed by atoms with Crippen LogP contribution in [0.5, 0.6) is 5.75 Å². The van der Waals surface area contributed by atoms with Crippen molar-refractivity contribution in [2.45, 2.75) is 38.2 Å². The molecule has 2 aliphatic rings. The van der Waals surface area contributed by atoms with Crippen LogP contribution >= 0.6 is 0 Å². The third-order valence-corrected chi connectivity index (χ3v) is 5.22. The molecule has 2 fully saturated rings. The fourth-order valence-corrected chi connectivity index (χ4v) is 3.27. The SMILES string of the molecule is CO[C@@](C)(C(=O)Nc1ccc(OCCN2CCCC2)cc1)C1CC1. The molecule has 0 radical (unpaired) electrons. The van der Waals surface area contributed by atoms with Gasteiger partial charge in [0, 0.05) is 19.3 Å². The Morgan fingerprint density at radius 3 is 2.50 bits per heavy atom. The molecule has 1 saturated heterocycles. The number of amides is 1. The summed E-state index contributed by atoms with van der Waals surface area (Å²) in [6, 6.07) is 7.57. The number of methoxy groups -OCH3 is 1. The molecule has 5 nitrogen and oxygen atoms in total. The van der Waals surface area contributed by atoms with Gasteiger partial charge in [-0.2, -0.15) is 0 Å². The van der Waals surface area contributed by atoms with Gasteiger partial charge in [-0.15, -0.1) is 0 Å². The molecule has 0 unspecified atom stereocenters. The minimum Gasteiger partial charge on any atom is -0.492 e. The molecule has 0 aromatic heterocycles. The van der Waals surface area contributed by atoms with Gasteiger partial charge in [0.15, 0.2) is 0 Å². The molecule has 1 heterocycles. The van der Waals surface area contributed by atoms with Crippen molar-refractivity contribution in [3.8, 4) is 5.75 Å². The van der Waals surface area contributed by atoms with Crippen molar-refractivity contribution >= 4 is 11.6 Å². The standard InChI is InChI=1S/C19H28N2O3/c1-19(23-2,15-5-6-15)18(22)20-16-7-9-17(10-8-16)24-14-13-21-11-3-4-12-21/h7-10,15H,3-6,11-14H2,1-2H3,(H,20,22)/t19-/m1/s1. The number of benzene rings is 1. The molecule has 5 heteroatoms. The lowest BCUT2D eigenvalue weighted by Crippen LogP contribution is -2.44. The van der Waals surface area contributed by atoms with Crippen LogP contribution < -0.4 is 10.1 Å². The highest BCUT2D eigenvalue weighted by molar-refractivity contribution is 5.97. The van der Waals surface area contributed by atoms with Crippen molar-refractivity contribution in [1.29, 1.82) is 0 Å². The lowest BCUT2D eigenvalue weighted by molar-refractivity contribution is -0.138. The number of anilines is 1. The van der Waals surface area contributed by atoms with E-state index in [0.29, 0.717) is 12.5 Å². The molecule has 132 valence electrons. The van der Waals surface area contributed by atoms with Crippen LogP contribution in [0.3, 0.4) is 0 Å². The van der Waals surface area contributed by atoms with E-state index in [1.54, 1.807) is 7.11 Å². The van der Waals surface area contributed by atoms with Gasteiger partial charge in [0.05, 0.1) is 0 Å². The van der Waals surface area contributed by atoms with E-state index in [4.69, 9.17) is 9.47 Å². The van der Waals surface area contributed by atoms with Crippen LogP contribution in [0.4, 0.5) is 5.69 Å². The van der Waals surface area contributed by atoms with Gasteiger partial charge in [0.2, 0.25) is 0 Å². The molecular weight excluding hydrogens is 304 g/mol. The number of hydrogen-bond acceptors (Lipinski definition) is 4. The number of nitrogens with zero attached hydrogens (tertiary/aromatic N) is 1. The second-order valence-corrected chi connectivity index (χ2v) is 6.96. The first-order valence-corrected chi connectivity index (χ1v) is 8.93. The predicted octanol–water partition coefficient (Wildman–Crippen LogP) is 2.91. The summed E-state index contributed by atoms with van der Waals surface area (Å²) >= 11 is 0. The largest absolute Gasteiger partial charge is 0.492 e. The number of rotatable bonds is 8. The Morgan fingerprint density at radius 2 is 1.92 bits per heavy atom. The van der Waals surface area contributed by atoms with Crippen molar-refractivity contribution in [3.05, 3.63) is 24.3 Å². The molecule has 1 aliphatic heterocycles. The third kappa shape index (κ3) is 4.08. The summed E-state index contributed by atoms with van der Waals surface area (Å²) in [6.07, 6.45) is 4.72. The van der Waals surface area contributed by atoms with Gasteiger partial charge in [-0.1, -0.05) is 0 Å². The zero-order chi connectivity index (χ0) is 17.0. The van der Waals surface area contributed by atoms with E-state index in [1.165, 1.54) is 25.9 Å². The van der Waals surface area contributed by atoms with E-state index >= 15 is 0 Å². The normalized spacial score (nSPS) is 20.6. The van der Waals surface area contributed by atoms with Gasteiger partial charge >= 0.3 is 0 Å². The monoisotopic (exact) mass is 332 g/mol. The summed E-state index contributed by atoms with van der Waals surface area (Å²) in [6.45, 7) is 5.93. The van der Waals surface area contributed by atoms with Crippen LogP contribution in [0, 0.1) is 5.92 Å². The molecule has 1 amide bonds. The summed E-state index contributed by atoms with van der Waals surface area (Å²) in [4.78, 5) is 14.9. The molecule has 3 rings (SSSR count). The fraction of sp³-hybridized carbons (Fsp3) is 0.632. The quantitative estimate of drug-likeness (QED) is 0.795. The van der Waals surface area contributed by atoms with E-state index < -0.39 is 5.60 Å². The highest BCUT2D eigenvalue weighted by Crippen LogP contribution is 2.42. The Balaban J connectivity index is 1.47. The van der Waals surface area contributed by atoms with Crippen LogP contribution in [-0.4, -0.2) is 49.8 Å². The van der Waals surface area contributed by atoms with Gasteiger partial charge in [-0.05, 0) is 75.9 Å². The zero-order valence-corrected chi connectivity index (χ0v) is 14.7. The third-order valence-electron chi connectivity index (χ3n) is 5.22. The molecule has 0 bridgehead atoms. The van der Waals surface area contributed by atoms with Crippen LogP contribution in [0.1, 0.15) is 32.6 Å². The molecule has 1 saturated carbocycles.